The normalized spacial score (nSPS) is 20.0. The molecule has 3 aromatic rings. The molecule has 2 amide bonds. The zero-order chi connectivity index (χ0) is 25.9. The average molecular weight is 522 g/mol. The molecule has 0 radical (unpaired) electrons. The predicted octanol–water partition coefficient (Wildman–Crippen LogP) is 4.15. The van der Waals surface area contributed by atoms with Gasteiger partial charge in [-0.15, -0.1) is 11.3 Å². The molecule has 0 spiro atoms. The summed E-state index contributed by atoms with van der Waals surface area (Å²) in [6.07, 6.45) is 1.17. The maximum atomic E-state index is 13.5. The highest BCUT2D eigenvalue weighted by atomic mass is 32.1. The summed E-state index contributed by atoms with van der Waals surface area (Å²) in [6.45, 7) is 4.68. The summed E-state index contributed by atoms with van der Waals surface area (Å²) in [5, 5.41) is 2.14. The first kappa shape index (κ1) is 25.4. The number of rotatable bonds is 6. The molecule has 0 bridgehead atoms. The molecular weight excluding hydrogens is 489 g/mol. The number of amides is 2. The standard InChI is InChI=1S/C29H32FN3O3S/c1-20-18-31(14-15-33(20)27(34)17-21-3-7-23(30)8-4-21)28(35)19-32-13-11-26-25(12-16-37-26)29(32)22-5-9-24(36-2)10-6-22/h3-10,12,16,20,29H,11,13-15,17-19H2,1-2H3/t20-,29-/m0/s1. The summed E-state index contributed by atoms with van der Waals surface area (Å²) in [6, 6.07) is 16.3. The first-order valence-electron chi connectivity index (χ1n) is 12.7. The molecule has 2 aliphatic rings. The molecule has 2 aromatic carbocycles. The maximum Gasteiger partial charge on any atom is 0.236 e. The second-order valence-electron chi connectivity index (χ2n) is 9.77. The molecule has 37 heavy (non-hydrogen) atoms. The van der Waals surface area contributed by atoms with Gasteiger partial charge in [0, 0.05) is 37.1 Å². The Bertz CT molecular complexity index is 1240. The van der Waals surface area contributed by atoms with Crippen LogP contribution in [-0.2, 0) is 22.4 Å². The van der Waals surface area contributed by atoms with E-state index < -0.39 is 0 Å². The monoisotopic (exact) mass is 521 g/mol. The van der Waals surface area contributed by atoms with Crippen molar-refractivity contribution in [3.8, 4) is 5.75 Å². The lowest BCUT2D eigenvalue weighted by molar-refractivity contribution is -0.143. The van der Waals surface area contributed by atoms with Gasteiger partial charge in [-0.25, -0.2) is 4.39 Å². The lowest BCUT2D eigenvalue weighted by Gasteiger charge is -2.42. The molecule has 0 aliphatic carbocycles. The lowest BCUT2D eigenvalue weighted by atomic mass is 9.93. The summed E-state index contributed by atoms with van der Waals surface area (Å²) in [5.41, 5.74) is 3.22. The van der Waals surface area contributed by atoms with Crippen LogP contribution in [0.1, 0.15) is 34.5 Å². The molecule has 194 valence electrons. The van der Waals surface area contributed by atoms with Crippen molar-refractivity contribution < 1.29 is 18.7 Å². The van der Waals surface area contributed by atoms with E-state index in [0.717, 1.165) is 29.8 Å². The van der Waals surface area contributed by atoms with Crippen LogP contribution in [0.4, 0.5) is 4.39 Å². The number of hydrogen-bond acceptors (Lipinski definition) is 5. The van der Waals surface area contributed by atoms with Gasteiger partial charge in [-0.3, -0.25) is 14.5 Å². The van der Waals surface area contributed by atoms with Gasteiger partial charge in [0.05, 0.1) is 26.1 Å². The third-order valence-electron chi connectivity index (χ3n) is 7.40. The van der Waals surface area contributed by atoms with E-state index in [-0.39, 0.29) is 36.1 Å². The van der Waals surface area contributed by atoms with Crippen molar-refractivity contribution in [1.29, 1.82) is 0 Å². The van der Waals surface area contributed by atoms with Crippen LogP contribution in [0.3, 0.4) is 0 Å². The zero-order valence-electron chi connectivity index (χ0n) is 21.2. The van der Waals surface area contributed by atoms with E-state index in [4.69, 9.17) is 4.74 Å². The molecule has 0 saturated carbocycles. The Morgan fingerprint density at radius 2 is 1.76 bits per heavy atom. The van der Waals surface area contributed by atoms with E-state index in [1.54, 1.807) is 30.6 Å². The molecule has 0 unspecified atom stereocenters. The second-order valence-corrected chi connectivity index (χ2v) is 10.8. The lowest BCUT2D eigenvalue weighted by Crippen LogP contribution is -2.57. The minimum absolute atomic E-state index is 0.00629. The van der Waals surface area contributed by atoms with Gasteiger partial charge in [0.2, 0.25) is 11.8 Å². The number of nitrogens with zero attached hydrogens (tertiary/aromatic N) is 3. The maximum absolute atomic E-state index is 13.5. The molecule has 3 heterocycles. The molecule has 2 aliphatic heterocycles. The van der Waals surface area contributed by atoms with Crippen LogP contribution < -0.4 is 4.74 Å². The van der Waals surface area contributed by atoms with Crippen molar-refractivity contribution in [3.63, 3.8) is 0 Å². The number of fused-ring (bicyclic) bond motifs is 1. The van der Waals surface area contributed by atoms with Crippen LogP contribution in [0.5, 0.6) is 5.75 Å². The molecule has 5 rings (SSSR count). The largest absolute Gasteiger partial charge is 0.497 e. The minimum Gasteiger partial charge on any atom is -0.497 e. The average Bonchev–Trinajstić information content (AvgIpc) is 3.39. The van der Waals surface area contributed by atoms with Crippen LogP contribution >= 0.6 is 11.3 Å². The van der Waals surface area contributed by atoms with Gasteiger partial charge in [-0.1, -0.05) is 24.3 Å². The fraction of sp³-hybridized carbons (Fsp3) is 0.379. The van der Waals surface area contributed by atoms with E-state index in [1.807, 2.05) is 28.9 Å². The third kappa shape index (κ3) is 5.55. The Morgan fingerprint density at radius 1 is 1.00 bits per heavy atom. The van der Waals surface area contributed by atoms with Crippen molar-refractivity contribution in [1.82, 2.24) is 14.7 Å². The van der Waals surface area contributed by atoms with Gasteiger partial charge in [0.25, 0.3) is 0 Å². The molecule has 8 heteroatoms. The van der Waals surface area contributed by atoms with E-state index >= 15 is 0 Å². The number of thiophene rings is 1. The molecule has 1 saturated heterocycles. The topological polar surface area (TPSA) is 53.1 Å². The minimum atomic E-state index is -0.310. The number of hydrogen-bond donors (Lipinski definition) is 0. The molecule has 1 fully saturated rings. The highest BCUT2D eigenvalue weighted by molar-refractivity contribution is 7.10. The second kappa shape index (κ2) is 11.0. The van der Waals surface area contributed by atoms with Gasteiger partial charge in [0.15, 0.2) is 0 Å². The van der Waals surface area contributed by atoms with E-state index in [0.29, 0.717) is 26.2 Å². The van der Waals surface area contributed by atoms with Gasteiger partial charge in [0.1, 0.15) is 11.6 Å². The number of carbonyl (C=O) groups is 2. The van der Waals surface area contributed by atoms with Crippen molar-refractivity contribution in [2.75, 3.05) is 39.8 Å². The Kier molecular flexibility index (Phi) is 7.58. The van der Waals surface area contributed by atoms with Crippen molar-refractivity contribution in [2.24, 2.45) is 0 Å². The fourth-order valence-corrected chi connectivity index (χ4v) is 6.33. The number of halogens is 1. The van der Waals surface area contributed by atoms with Gasteiger partial charge < -0.3 is 14.5 Å². The summed E-state index contributed by atoms with van der Waals surface area (Å²) in [4.78, 5) is 33.8. The molecule has 0 N–H and O–H groups in total. The fourth-order valence-electron chi connectivity index (χ4n) is 5.42. The molecular formula is C29H32FN3O3S. The summed E-state index contributed by atoms with van der Waals surface area (Å²) in [7, 11) is 1.66. The number of ether oxygens (including phenoxy) is 1. The van der Waals surface area contributed by atoms with Crippen LogP contribution in [0.25, 0.3) is 0 Å². The number of methoxy groups -OCH3 is 1. The van der Waals surface area contributed by atoms with Gasteiger partial charge >= 0.3 is 0 Å². The van der Waals surface area contributed by atoms with E-state index in [9.17, 15) is 14.0 Å². The number of carbonyl (C=O) groups excluding carboxylic acids is 2. The highest BCUT2D eigenvalue weighted by Crippen LogP contribution is 2.38. The van der Waals surface area contributed by atoms with Crippen LogP contribution in [0.2, 0.25) is 0 Å². The Balaban J connectivity index is 1.24. The Labute approximate surface area is 221 Å². The highest BCUT2D eigenvalue weighted by Gasteiger charge is 2.34. The Morgan fingerprint density at radius 3 is 2.46 bits per heavy atom. The third-order valence-corrected chi connectivity index (χ3v) is 8.40. The van der Waals surface area contributed by atoms with Crippen LogP contribution in [-0.4, -0.2) is 72.4 Å². The number of benzene rings is 2. The first-order chi connectivity index (χ1) is 17.9. The number of piperazine rings is 1. The molecule has 2 atom stereocenters. The molecule has 6 nitrogen and oxygen atoms in total. The van der Waals surface area contributed by atoms with E-state index in [1.165, 1.54) is 22.6 Å². The smallest absolute Gasteiger partial charge is 0.236 e. The summed E-state index contributed by atoms with van der Waals surface area (Å²) in [5.74, 6) is 0.602. The zero-order valence-corrected chi connectivity index (χ0v) is 22.0. The van der Waals surface area contributed by atoms with Gasteiger partial charge in [-0.05, 0) is 65.7 Å². The quantitative estimate of drug-likeness (QED) is 0.489. The molecule has 1 aromatic heterocycles. The van der Waals surface area contributed by atoms with Crippen molar-refractivity contribution in [3.05, 3.63) is 87.4 Å². The van der Waals surface area contributed by atoms with Gasteiger partial charge in [-0.2, -0.15) is 0 Å². The van der Waals surface area contributed by atoms with Crippen LogP contribution in [0.15, 0.2) is 60.0 Å². The summed E-state index contributed by atoms with van der Waals surface area (Å²) < 4.78 is 18.5. The summed E-state index contributed by atoms with van der Waals surface area (Å²) >= 11 is 1.78. The SMILES string of the molecule is COc1ccc([C@H]2c3ccsc3CCN2CC(=O)N2CCN(C(=O)Cc3ccc(F)cc3)[C@@H](C)C2)cc1. The first-order valence-corrected chi connectivity index (χ1v) is 13.6. The Hall–Kier alpha value is -3.23. The van der Waals surface area contributed by atoms with Crippen molar-refractivity contribution >= 4 is 23.2 Å². The predicted molar refractivity (Wildman–Crippen MR) is 142 cm³/mol. The van der Waals surface area contributed by atoms with E-state index in [2.05, 4.69) is 28.5 Å². The van der Waals surface area contributed by atoms with Crippen LogP contribution in [0, 0.1) is 5.82 Å². The van der Waals surface area contributed by atoms with Crippen molar-refractivity contribution in [2.45, 2.75) is 31.8 Å².